The molecular weight excluding hydrogens is 428 g/mol. The number of fused-ring (bicyclic) bond motifs is 1. The lowest BCUT2D eigenvalue weighted by molar-refractivity contribution is -0.108. The van der Waals surface area contributed by atoms with Gasteiger partial charge in [-0.1, -0.05) is 44.9 Å². The van der Waals surface area contributed by atoms with Crippen molar-refractivity contribution in [2.75, 3.05) is 18.9 Å². The monoisotopic (exact) mass is 464 g/mol. The Balaban J connectivity index is 1.91. The van der Waals surface area contributed by atoms with Gasteiger partial charge in [0.05, 0.1) is 6.04 Å². The Bertz CT molecular complexity index is 1050. The second-order valence-electron chi connectivity index (χ2n) is 8.79. The number of aldehydes is 1. The summed E-state index contributed by atoms with van der Waals surface area (Å²) in [6, 6.07) is 16.7. The maximum atomic E-state index is 12.6. The highest BCUT2D eigenvalue weighted by molar-refractivity contribution is 7.19. The molecule has 4 nitrogen and oxygen atoms in total. The normalized spacial score (nSPS) is 12.2. The number of hydrogen-bond donors (Lipinski definition) is 1. The molecule has 1 unspecified atom stereocenters. The van der Waals surface area contributed by atoms with Crippen molar-refractivity contribution in [3.8, 4) is 0 Å². The van der Waals surface area contributed by atoms with Crippen LogP contribution in [0.2, 0.25) is 0 Å². The van der Waals surface area contributed by atoms with Crippen molar-refractivity contribution in [1.29, 1.82) is 0 Å². The number of rotatable bonds is 12. The Labute approximate surface area is 202 Å². The first-order chi connectivity index (χ1) is 16.0. The van der Waals surface area contributed by atoms with Crippen molar-refractivity contribution in [1.82, 2.24) is 4.90 Å². The van der Waals surface area contributed by atoms with E-state index in [2.05, 4.69) is 50.4 Å². The number of nitrogens with one attached hydrogen (secondary N) is 1. The van der Waals surface area contributed by atoms with Crippen molar-refractivity contribution >= 4 is 39.3 Å². The molecule has 5 heteroatoms. The smallest absolute Gasteiger partial charge is 0.253 e. The van der Waals surface area contributed by atoms with Crippen molar-refractivity contribution in [3.05, 3.63) is 64.5 Å². The molecule has 0 saturated carbocycles. The van der Waals surface area contributed by atoms with Crippen LogP contribution in [0.5, 0.6) is 0 Å². The molecule has 0 bridgehead atoms. The molecule has 1 atom stereocenters. The van der Waals surface area contributed by atoms with Gasteiger partial charge in [-0.15, -0.1) is 11.3 Å². The summed E-state index contributed by atoms with van der Waals surface area (Å²) in [7, 11) is 1.73. The molecule has 0 spiro atoms. The van der Waals surface area contributed by atoms with E-state index >= 15 is 0 Å². The highest BCUT2D eigenvalue weighted by atomic mass is 32.1. The van der Waals surface area contributed by atoms with Crippen LogP contribution in [0.1, 0.15) is 72.8 Å². The number of amides is 1. The maximum absolute atomic E-state index is 12.6. The van der Waals surface area contributed by atoms with Crippen molar-refractivity contribution in [3.63, 3.8) is 0 Å². The third kappa shape index (κ3) is 6.02. The first kappa shape index (κ1) is 25.0. The summed E-state index contributed by atoms with van der Waals surface area (Å²) in [5.41, 5.74) is 3.08. The van der Waals surface area contributed by atoms with Gasteiger partial charge in [-0.25, -0.2) is 0 Å². The van der Waals surface area contributed by atoms with Crippen LogP contribution in [0.25, 0.3) is 10.1 Å². The molecule has 176 valence electrons. The van der Waals surface area contributed by atoms with E-state index in [-0.39, 0.29) is 11.9 Å². The van der Waals surface area contributed by atoms with Crippen LogP contribution in [0, 0.1) is 12.8 Å². The molecule has 0 fully saturated rings. The fourth-order valence-corrected chi connectivity index (χ4v) is 5.79. The number of aryl methyl sites for hydroxylation is 1. The minimum Gasteiger partial charge on any atom is -0.378 e. The molecule has 0 radical (unpaired) electrons. The lowest BCUT2D eigenvalue weighted by Gasteiger charge is -2.30. The molecule has 1 heterocycles. The zero-order chi connectivity index (χ0) is 23.8. The minimum absolute atomic E-state index is 0.0607. The molecule has 3 rings (SSSR count). The van der Waals surface area contributed by atoms with Crippen LogP contribution in [0.15, 0.2) is 48.5 Å². The third-order valence-electron chi connectivity index (χ3n) is 6.30. The van der Waals surface area contributed by atoms with E-state index < -0.39 is 0 Å². The highest BCUT2D eigenvalue weighted by Crippen LogP contribution is 2.41. The summed E-state index contributed by atoms with van der Waals surface area (Å²) in [5, 5.41) is 5.19. The Morgan fingerprint density at radius 1 is 1.06 bits per heavy atom. The summed E-state index contributed by atoms with van der Waals surface area (Å²) in [6.07, 6.45) is 5.86. The molecular formula is C28H36N2O2S. The quantitative estimate of drug-likeness (QED) is 0.287. The summed E-state index contributed by atoms with van der Waals surface area (Å²) in [6.45, 7) is 7.20. The maximum Gasteiger partial charge on any atom is 0.253 e. The van der Waals surface area contributed by atoms with Gasteiger partial charge in [0.15, 0.2) is 0 Å². The Morgan fingerprint density at radius 2 is 1.73 bits per heavy atom. The van der Waals surface area contributed by atoms with E-state index in [1.54, 1.807) is 11.9 Å². The van der Waals surface area contributed by atoms with Crippen molar-refractivity contribution in [2.24, 2.45) is 5.92 Å². The molecule has 2 aromatic carbocycles. The average Bonchev–Trinajstić information content (AvgIpc) is 3.16. The molecule has 0 aliphatic heterocycles. The molecule has 1 aromatic heterocycles. The Kier molecular flexibility index (Phi) is 9.07. The minimum atomic E-state index is -0.0607. The second-order valence-corrected chi connectivity index (χ2v) is 10.0. The van der Waals surface area contributed by atoms with Gasteiger partial charge in [0.2, 0.25) is 0 Å². The largest absolute Gasteiger partial charge is 0.378 e. The highest BCUT2D eigenvalue weighted by Gasteiger charge is 2.26. The summed E-state index contributed by atoms with van der Waals surface area (Å²) < 4.78 is 1.34. The molecule has 0 aliphatic carbocycles. The van der Waals surface area contributed by atoms with E-state index in [9.17, 15) is 9.59 Å². The van der Waals surface area contributed by atoms with Gasteiger partial charge < -0.3 is 15.0 Å². The predicted octanol–water partition coefficient (Wildman–Crippen LogP) is 7.24. The van der Waals surface area contributed by atoms with Gasteiger partial charge in [0.25, 0.3) is 5.91 Å². The predicted molar refractivity (Wildman–Crippen MR) is 140 cm³/mol. The number of anilines is 1. The number of benzene rings is 2. The molecule has 0 saturated heterocycles. The summed E-state index contributed by atoms with van der Waals surface area (Å²) >= 11 is 1.87. The number of carbonyl (C=O) groups is 2. The fourth-order valence-electron chi connectivity index (χ4n) is 4.68. The van der Waals surface area contributed by atoms with Crippen LogP contribution in [-0.2, 0) is 4.79 Å². The van der Waals surface area contributed by atoms with Gasteiger partial charge in [0, 0.05) is 40.8 Å². The van der Waals surface area contributed by atoms with Gasteiger partial charge >= 0.3 is 0 Å². The van der Waals surface area contributed by atoms with Crippen molar-refractivity contribution < 1.29 is 9.59 Å². The van der Waals surface area contributed by atoms with E-state index in [1.165, 1.54) is 33.4 Å². The van der Waals surface area contributed by atoms with Gasteiger partial charge in [-0.2, -0.15) is 0 Å². The molecule has 33 heavy (non-hydrogen) atoms. The first-order valence-corrected chi connectivity index (χ1v) is 12.8. The van der Waals surface area contributed by atoms with Crippen LogP contribution in [0.4, 0.5) is 5.69 Å². The zero-order valence-corrected chi connectivity index (χ0v) is 21.1. The van der Waals surface area contributed by atoms with Crippen LogP contribution < -0.4 is 5.32 Å². The number of thiophene rings is 1. The van der Waals surface area contributed by atoms with Gasteiger partial charge in [0.1, 0.15) is 6.29 Å². The zero-order valence-electron chi connectivity index (χ0n) is 20.3. The summed E-state index contributed by atoms with van der Waals surface area (Å²) in [4.78, 5) is 26.2. The number of carbonyl (C=O) groups excluding carboxylic acids is 2. The molecule has 1 N–H and O–H groups in total. The van der Waals surface area contributed by atoms with Crippen LogP contribution in [0.3, 0.4) is 0 Å². The standard InChI is InChI=1S/C28H36N2O2S/c1-5-10-21(11-6-2)27(26-20(3)33-25-13-8-7-12-24(25)26)29-23-16-14-22(15-17-23)28(32)30(4)18-9-19-31/h7-8,12-17,19,21,27,29H,5-6,9-11,18H2,1-4H3. The number of nitrogens with zero attached hydrogens (tertiary/aromatic N) is 1. The average molecular weight is 465 g/mol. The van der Waals surface area contributed by atoms with E-state index in [4.69, 9.17) is 0 Å². The molecule has 0 aliphatic rings. The van der Waals surface area contributed by atoms with Crippen LogP contribution >= 0.6 is 11.3 Å². The van der Waals surface area contributed by atoms with Gasteiger partial charge in [-0.05, 0) is 67.0 Å². The first-order valence-electron chi connectivity index (χ1n) is 12.0. The van der Waals surface area contributed by atoms with E-state index in [0.717, 1.165) is 24.8 Å². The van der Waals surface area contributed by atoms with Crippen LogP contribution in [-0.4, -0.2) is 30.7 Å². The lowest BCUT2D eigenvalue weighted by Crippen LogP contribution is -2.28. The van der Waals surface area contributed by atoms with E-state index in [0.29, 0.717) is 24.4 Å². The van der Waals surface area contributed by atoms with Crippen molar-refractivity contribution in [2.45, 2.75) is 58.9 Å². The molecule has 3 aromatic rings. The Hall–Kier alpha value is -2.66. The second kappa shape index (κ2) is 12.0. The summed E-state index contributed by atoms with van der Waals surface area (Å²) in [5.74, 6) is 0.474. The third-order valence-corrected chi connectivity index (χ3v) is 7.41. The fraction of sp³-hybridized carbons (Fsp3) is 0.429. The topological polar surface area (TPSA) is 49.4 Å². The van der Waals surface area contributed by atoms with Gasteiger partial charge in [-0.3, -0.25) is 4.79 Å². The number of hydrogen-bond acceptors (Lipinski definition) is 4. The van der Waals surface area contributed by atoms with E-state index in [1.807, 2.05) is 35.6 Å². The molecule has 1 amide bonds. The SMILES string of the molecule is CCCC(CCC)C(Nc1ccc(C(=O)N(C)CCC=O)cc1)c1c(C)sc2ccccc12. The lowest BCUT2D eigenvalue weighted by atomic mass is 9.84. The Morgan fingerprint density at radius 3 is 2.36 bits per heavy atom.